The van der Waals surface area contributed by atoms with E-state index in [0.29, 0.717) is 0 Å². The van der Waals surface area contributed by atoms with Crippen LogP contribution in [-0.2, 0) is 11.8 Å². The van der Waals surface area contributed by atoms with Gasteiger partial charge in [0.15, 0.2) is 5.69 Å². The number of aryl methyl sites for hydroxylation is 1. The summed E-state index contributed by atoms with van der Waals surface area (Å²) < 4.78 is 6.25. The molecule has 0 aliphatic heterocycles. The van der Waals surface area contributed by atoms with Crippen LogP contribution in [0.25, 0.3) is 0 Å². The first-order valence-electron chi connectivity index (χ1n) is 4.80. The molecule has 0 spiro atoms. The number of amides is 1. The van der Waals surface area contributed by atoms with Crippen molar-refractivity contribution in [1.82, 2.24) is 20.3 Å². The molecule has 1 aromatic rings. The summed E-state index contributed by atoms with van der Waals surface area (Å²) in [6.07, 6.45) is 1.50. The molecule has 1 atom stereocenters. The second-order valence-corrected chi connectivity index (χ2v) is 3.89. The highest BCUT2D eigenvalue weighted by atomic mass is 16.5. The zero-order valence-electron chi connectivity index (χ0n) is 9.60. The van der Waals surface area contributed by atoms with Crippen molar-refractivity contribution in [2.24, 2.45) is 7.05 Å². The number of carbonyl (C=O) groups excluding carboxylic acids is 1. The molecule has 7 heteroatoms. The SMILES string of the molecule is COCC(C)(O)CNC(=O)c1cn(C)nn1. The zero-order chi connectivity index (χ0) is 12.2. The summed E-state index contributed by atoms with van der Waals surface area (Å²) >= 11 is 0. The molecule has 90 valence electrons. The lowest BCUT2D eigenvalue weighted by atomic mass is 10.1. The molecule has 0 radical (unpaired) electrons. The summed E-state index contributed by atoms with van der Waals surface area (Å²) in [6, 6.07) is 0. The maximum atomic E-state index is 11.5. The molecule has 2 N–H and O–H groups in total. The second kappa shape index (κ2) is 5.04. The van der Waals surface area contributed by atoms with E-state index in [4.69, 9.17) is 4.74 Å². The van der Waals surface area contributed by atoms with Crippen LogP contribution < -0.4 is 5.32 Å². The van der Waals surface area contributed by atoms with Gasteiger partial charge in [-0.1, -0.05) is 5.21 Å². The molecular formula is C9H16N4O3. The Morgan fingerprint density at radius 1 is 1.75 bits per heavy atom. The van der Waals surface area contributed by atoms with Crippen molar-refractivity contribution in [2.45, 2.75) is 12.5 Å². The molecule has 7 nitrogen and oxygen atoms in total. The van der Waals surface area contributed by atoms with Crippen molar-refractivity contribution in [3.63, 3.8) is 0 Å². The molecule has 0 bridgehead atoms. The Balaban J connectivity index is 2.47. The van der Waals surface area contributed by atoms with Crippen LogP contribution in [0.5, 0.6) is 0 Å². The average Bonchev–Trinajstić information content (AvgIpc) is 2.61. The van der Waals surface area contributed by atoms with E-state index in [1.807, 2.05) is 0 Å². The molecule has 1 unspecified atom stereocenters. The summed E-state index contributed by atoms with van der Waals surface area (Å²) in [5.41, 5.74) is -0.872. The van der Waals surface area contributed by atoms with Crippen LogP contribution >= 0.6 is 0 Å². The fraction of sp³-hybridized carbons (Fsp3) is 0.667. The number of hydrogen-bond donors (Lipinski definition) is 2. The van der Waals surface area contributed by atoms with Crippen molar-refractivity contribution in [2.75, 3.05) is 20.3 Å². The van der Waals surface area contributed by atoms with Crippen LogP contribution in [0.2, 0.25) is 0 Å². The Morgan fingerprint density at radius 2 is 2.44 bits per heavy atom. The lowest BCUT2D eigenvalue weighted by Gasteiger charge is -2.22. The van der Waals surface area contributed by atoms with Gasteiger partial charge in [-0.25, -0.2) is 0 Å². The van der Waals surface area contributed by atoms with E-state index in [2.05, 4.69) is 15.6 Å². The first-order valence-corrected chi connectivity index (χ1v) is 4.80. The van der Waals surface area contributed by atoms with Gasteiger partial charge in [-0.3, -0.25) is 9.48 Å². The molecule has 0 aliphatic carbocycles. The zero-order valence-corrected chi connectivity index (χ0v) is 9.60. The lowest BCUT2D eigenvalue weighted by molar-refractivity contribution is -0.0147. The molecule has 0 fully saturated rings. The summed E-state index contributed by atoms with van der Waals surface area (Å²) in [7, 11) is 3.16. The average molecular weight is 228 g/mol. The predicted octanol–water partition coefficient (Wildman–Crippen LogP) is -1.06. The van der Waals surface area contributed by atoms with Crippen LogP contribution in [0.3, 0.4) is 0 Å². The van der Waals surface area contributed by atoms with Gasteiger partial charge in [-0.15, -0.1) is 5.10 Å². The molecule has 16 heavy (non-hydrogen) atoms. The molecule has 1 aromatic heterocycles. The van der Waals surface area contributed by atoms with Gasteiger partial charge < -0.3 is 15.2 Å². The number of aromatic nitrogens is 3. The normalized spacial score (nSPS) is 14.5. The minimum Gasteiger partial charge on any atom is -0.386 e. The van der Waals surface area contributed by atoms with Gasteiger partial charge in [-0.05, 0) is 6.92 Å². The maximum absolute atomic E-state index is 11.5. The van der Waals surface area contributed by atoms with Crippen molar-refractivity contribution >= 4 is 5.91 Å². The molecule has 1 heterocycles. The molecule has 0 saturated heterocycles. The van der Waals surface area contributed by atoms with E-state index in [9.17, 15) is 9.90 Å². The Kier molecular flexibility index (Phi) is 3.97. The molecule has 1 amide bonds. The molecule has 1 rings (SSSR count). The third-order valence-electron chi connectivity index (χ3n) is 1.92. The first-order chi connectivity index (χ1) is 7.44. The standard InChI is InChI=1S/C9H16N4O3/c1-9(15,6-16-3)5-10-8(14)7-4-13(2)12-11-7/h4,15H,5-6H2,1-3H3,(H,10,14). The number of carbonyl (C=O) groups is 1. The highest BCUT2D eigenvalue weighted by Gasteiger charge is 2.22. The fourth-order valence-corrected chi connectivity index (χ4v) is 1.17. The fourth-order valence-electron chi connectivity index (χ4n) is 1.17. The van der Waals surface area contributed by atoms with Gasteiger partial charge in [0.25, 0.3) is 5.91 Å². The summed E-state index contributed by atoms with van der Waals surface area (Å²) in [5.74, 6) is -0.371. The van der Waals surface area contributed by atoms with Crippen molar-refractivity contribution in [3.8, 4) is 0 Å². The third kappa shape index (κ3) is 3.59. The van der Waals surface area contributed by atoms with Crippen molar-refractivity contribution in [1.29, 1.82) is 0 Å². The van der Waals surface area contributed by atoms with E-state index in [0.717, 1.165) is 0 Å². The number of aliphatic hydroxyl groups is 1. The van der Waals surface area contributed by atoms with Gasteiger partial charge in [-0.2, -0.15) is 0 Å². The van der Waals surface area contributed by atoms with E-state index in [-0.39, 0.29) is 24.8 Å². The minimum atomic E-state index is -1.09. The number of nitrogens with one attached hydrogen (secondary N) is 1. The molecule has 0 aliphatic rings. The van der Waals surface area contributed by atoms with Gasteiger partial charge in [0.2, 0.25) is 0 Å². The number of hydrogen-bond acceptors (Lipinski definition) is 5. The van der Waals surface area contributed by atoms with Crippen LogP contribution in [0.4, 0.5) is 0 Å². The van der Waals surface area contributed by atoms with E-state index in [1.54, 1.807) is 14.0 Å². The third-order valence-corrected chi connectivity index (χ3v) is 1.92. The van der Waals surface area contributed by atoms with E-state index < -0.39 is 5.60 Å². The van der Waals surface area contributed by atoms with Crippen LogP contribution in [0.1, 0.15) is 17.4 Å². The maximum Gasteiger partial charge on any atom is 0.273 e. The Hall–Kier alpha value is -1.47. The Labute approximate surface area is 93.4 Å². The quantitative estimate of drug-likeness (QED) is 0.670. The summed E-state index contributed by atoms with van der Waals surface area (Å²) in [4.78, 5) is 11.5. The number of rotatable bonds is 5. The van der Waals surface area contributed by atoms with E-state index in [1.165, 1.54) is 18.0 Å². The highest BCUT2D eigenvalue weighted by Crippen LogP contribution is 2.01. The number of ether oxygens (including phenoxy) is 1. The molecular weight excluding hydrogens is 212 g/mol. The van der Waals surface area contributed by atoms with Gasteiger partial charge in [0.1, 0.15) is 5.60 Å². The smallest absolute Gasteiger partial charge is 0.273 e. The number of methoxy groups -OCH3 is 1. The minimum absolute atomic E-state index is 0.0935. The molecule has 0 saturated carbocycles. The Morgan fingerprint density at radius 3 is 2.94 bits per heavy atom. The number of nitrogens with zero attached hydrogens (tertiary/aromatic N) is 3. The second-order valence-electron chi connectivity index (χ2n) is 3.89. The van der Waals surface area contributed by atoms with Crippen molar-refractivity contribution < 1.29 is 14.6 Å². The monoisotopic (exact) mass is 228 g/mol. The van der Waals surface area contributed by atoms with Crippen molar-refractivity contribution in [3.05, 3.63) is 11.9 Å². The first kappa shape index (κ1) is 12.6. The van der Waals surface area contributed by atoms with Crippen LogP contribution in [0, 0.1) is 0 Å². The van der Waals surface area contributed by atoms with Gasteiger partial charge >= 0.3 is 0 Å². The topological polar surface area (TPSA) is 89.3 Å². The summed E-state index contributed by atoms with van der Waals surface area (Å²) in [6.45, 7) is 1.82. The Bertz CT molecular complexity index is 361. The highest BCUT2D eigenvalue weighted by molar-refractivity contribution is 5.91. The lowest BCUT2D eigenvalue weighted by Crippen LogP contribution is -2.43. The largest absolute Gasteiger partial charge is 0.386 e. The molecule has 0 aromatic carbocycles. The van der Waals surface area contributed by atoms with Gasteiger partial charge in [0, 0.05) is 20.7 Å². The van der Waals surface area contributed by atoms with Crippen LogP contribution in [0.15, 0.2) is 6.20 Å². The summed E-state index contributed by atoms with van der Waals surface area (Å²) in [5, 5.41) is 19.6. The predicted molar refractivity (Wildman–Crippen MR) is 55.8 cm³/mol. The van der Waals surface area contributed by atoms with E-state index >= 15 is 0 Å². The van der Waals surface area contributed by atoms with Crippen LogP contribution in [-0.4, -0.2) is 51.9 Å². The van der Waals surface area contributed by atoms with Gasteiger partial charge in [0.05, 0.1) is 12.8 Å².